The number of anilines is 1. The molecule has 1 amide bonds. The summed E-state index contributed by atoms with van der Waals surface area (Å²) in [6.07, 6.45) is 0.465. The van der Waals surface area contributed by atoms with E-state index in [2.05, 4.69) is 40.2 Å². The van der Waals surface area contributed by atoms with Crippen molar-refractivity contribution in [1.29, 1.82) is 0 Å². The van der Waals surface area contributed by atoms with Crippen molar-refractivity contribution in [3.63, 3.8) is 0 Å². The molecule has 164 valence electrons. The summed E-state index contributed by atoms with van der Waals surface area (Å²) >= 11 is 3.34. The van der Waals surface area contributed by atoms with Crippen LogP contribution in [0.1, 0.15) is 12.0 Å². The molecule has 0 saturated carbocycles. The molecule has 2 aromatic carbocycles. The quantitative estimate of drug-likeness (QED) is 0.514. The summed E-state index contributed by atoms with van der Waals surface area (Å²) in [5, 5.41) is 4.12. The predicted molar refractivity (Wildman–Crippen MR) is 128 cm³/mol. The topological polar surface area (TPSA) is 48.5 Å². The maximum absolute atomic E-state index is 12.9. The molecule has 4 rings (SSSR count). The standard InChI is InChI=1S/C23H27FN4OS2/c1-17-2-7-20-21(16-17)31-23(26-20)28-13-11-27(12-14-28)10-9-25-22(29)8-15-30-19-5-3-18(24)4-6-19/h2-7,16H,8-15H2,1H3,(H,25,29). The van der Waals surface area contributed by atoms with Crippen LogP contribution < -0.4 is 10.2 Å². The van der Waals surface area contributed by atoms with Crippen molar-refractivity contribution < 1.29 is 9.18 Å². The van der Waals surface area contributed by atoms with Gasteiger partial charge in [-0.2, -0.15) is 0 Å². The van der Waals surface area contributed by atoms with Gasteiger partial charge in [0.15, 0.2) is 5.13 Å². The number of carbonyl (C=O) groups excluding carboxylic acids is 1. The lowest BCUT2D eigenvalue weighted by molar-refractivity contribution is -0.120. The van der Waals surface area contributed by atoms with Crippen molar-refractivity contribution >= 4 is 44.4 Å². The first-order valence-corrected chi connectivity index (χ1v) is 12.4. The fourth-order valence-corrected chi connectivity index (χ4v) is 5.52. The van der Waals surface area contributed by atoms with Crippen LogP contribution in [-0.4, -0.2) is 60.8 Å². The second-order valence-corrected chi connectivity index (χ2v) is 9.88. The van der Waals surface area contributed by atoms with E-state index in [1.165, 1.54) is 22.4 Å². The van der Waals surface area contributed by atoms with Crippen LogP contribution in [0, 0.1) is 12.7 Å². The molecule has 0 aliphatic carbocycles. The summed E-state index contributed by atoms with van der Waals surface area (Å²) < 4.78 is 14.2. The maximum atomic E-state index is 12.9. The van der Waals surface area contributed by atoms with Crippen LogP contribution in [-0.2, 0) is 4.79 Å². The number of hydrogen-bond acceptors (Lipinski definition) is 6. The van der Waals surface area contributed by atoms with Gasteiger partial charge in [-0.05, 0) is 48.9 Å². The Balaban J connectivity index is 1.13. The van der Waals surface area contributed by atoms with Crippen molar-refractivity contribution in [2.24, 2.45) is 0 Å². The summed E-state index contributed by atoms with van der Waals surface area (Å²) in [6.45, 7) is 7.52. The van der Waals surface area contributed by atoms with E-state index in [4.69, 9.17) is 4.98 Å². The number of piperazine rings is 1. The number of aryl methyl sites for hydroxylation is 1. The third kappa shape index (κ3) is 6.18. The first kappa shape index (κ1) is 22.0. The lowest BCUT2D eigenvalue weighted by Gasteiger charge is -2.34. The summed E-state index contributed by atoms with van der Waals surface area (Å²) in [7, 11) is 0. The number of rotatable bonds is 8. The van der Waals surface area contributed by atoms with Gasteiger partial charge in [0.05, 0.1) is 10.2 Å². The monoisotopic (exact) mass is 458 g/mol. The highest BCUT2D eigenvalue weighted by molar-refractivity contribution is 7.99. The Morgan fingerprint density at radius 2 is 1.94 bits per heavy atom. The Labute approximate surface area is 190 Å². The molecule has 31 heavy (non-hydrogen) atoms. The lowest BCUT2D eigenvalue weighted by atomic mass is 10.2. The van der Waals surface area contributed by atoms with E-state index < -0.39 is 0 Å². The molecule has 3 aromatic rings. The molecule has 0 radical (unpaired) electrons. The van der Waals surface area contributed by atoms with Gasteiger partial charge < -0.3 is 10.2 Å². The number of thiazole rings is 1. The van der Waals surface area contributed by atoms with Crippen molar-refractivity contribution in [2.45, 2.75) is 18.2 Å². The number of aromatic nitrogens is 1. The predicted octanol–water partition coefficient (Wildman–Crippen LogP) is 4.16. The minimum absolute atomic E-state index is 0.0676. The van der Waals surface area contributed by atoms with Crippen molar-refractivity contribution in [1.82, 2.24) is 15.2 Å². The molecule has 0 atom stereocenters. The molecule has 8 heteroatoms. The second-order valence-electron chi connectivity index (χ2n) is 7.70. The van der Waals surface area contributed by atoms with E-state index in [1.54, 1.807) is 35.2 Å². The molecule has 2 heterocycles. The Morgan fingerprint density at radius 1 is 1.16 bits per heavy atom. The molecular weight excluding hydrogens is 431 g/mol. The van der Waals surface area contributed by atoms with Crippen molar-refractivity contribution in [3.05, 3.63) is 53.8 Å². The Bertz CT molecular complexity index is 1020. The number of carbonyl (C=O) groups is 1. The Hall–Kier alpha value is -2.16. The SMILES string of the molecule is Cc1ccc2nc(N3CCN(CCNC(=O)CCSc4ccc(F)cc4)CC3)sc2c1. The van der Waals surface area contributed by atoms with Crippen LogP contribution >= 0.6 is 23.1 Å². The second kappa shape index (κ2) is 10.4. The number of hydrogen-bond donors (Lipinski definition) is 1. The van der Waals surface area contributed by atoms with Crippen LogP contribution in [0.25, 0.3) is 10.2 Å². The number of halogens is 1. The molecule has 1 saturated heterocycles. The van der Waals surface area contributed by atoms with E-state index in [9.17, 15) is 9.18 Å². The van der Waals surface area contributed by atoms with Gasteiger partial charge >= 0.3 is 0 Å². The minimum atomic E-state index is -0.238. The molecule has 0 spiro atoms. The van der Waals surface area contributed by atoms with Crippen LogP contribution in [0.15, 0.2) is 47.4 Å². The first-order valence-electron chi connectivity index (χ1n) is 10.6. The fourth-order valence-electron chi connectivity index (χ4n) is 3.55. The van der Waals surface area contributed by atoms with E-state index in [-0.39, 0.29) is 11.7 Å². The van der Waals surface area contributed by atoms with Gasteiger partial charge in [0.2, 0.25) is 5.91 Å². The normalized spacial score (nSPS) is 14.8. The van der Waals surface area contributed by atoms with Crippen LogP contribution in [0.2, 0.25) is 0 Å². The molecule has 1 aromatic heterocycles. The number of nitrogens with zero attached hydrogens (tertiary/aromatic N) is 3. The molecule has 5 nitrogen and oxygen atoms in total. The highest BCUT2D eigenvalue weighted by Crippen LogP contribution is 2.30. The zero-order valence-electron chi connectivity index (χ0n) is 17.6. The average molecular weight is 459 g/mol. The van der Waals surface area contributed by atoms with Crippen LogP contribution in [0.3, 0.4) is 0 Å². The minimum Gasteiger partial charge on any atom is -0.355 e. The van der Waals surface area contributed by atoms with Crippen molar-refractivity contribution in [3.8, 4) is 0 Å². The highest BCUT2D eigenvalue weighted by atomic mass is 32.2. The van der Waals surface area contributed by atoms with E-state index >= 15 is 0 Å². The first-order chi connectivity index (χ1) is 15.1. The van der Waals surface area contributed by atoms with Gasteiger partial charge in [0.1, 0.15) is 5.82 Å². The molecule has 1 fully saturated rings. The van der Waals surface area contributed by atoms with Crippen LogP contribution in [0.4, 0.5) is 9.52 Å². The van der Waals surface area contributed by atoms with Crippen molar-refractivity contribution in [2.75, 3.05) is 49.9 Å². The molecule has 0 bridgehead atoms. The fraction of sp³-hybridized carbons (Fsp3) is 0.391. The number of nitrogens with one attached hydrogen (secondary N) is 1. The van der Waals surface area contributed by atoms with E-state index in [0.717, 1.165) is 48.3 Å². The number of fused-ring (bicyclic) bond motifs is 1. The molecule has 0 unspecified atom stereocenters. The van der Waals surface area contributed by atoms with Crippen LogP contribution in [0.5, 0.6) is 0 Å². The van der Waals surface area contributed by atoms with E-state index in [0.29, 0.717) is 18.7 Å². The molecule has 1 N–H and O–H groups in total. The molecular formula is C23H27FN4OS2. The Morgan fingerprint density at radius 3 is 2.71 bits per heavy atom. The summed E-state index contributed by atoms with van der Waals surface area (Å²) in [4.78, 5) is 22.6. The van der Waals surface area contributed by atoms with Gasteiger partial charge in [-0.1, -0.05) is 17.4 Å². The number of thioether (sulfide) groups is 1. The maximum Gasteiger partial charge on any atom is 0.220 e. The zero-order chi connectivity index (χ0) is 21.6. The average Bonchev–Trinajstić information content (AvgIpc) is 3.19. The van der Waals surface area contributed by atoms with Gasteiger partial charge in [-0.15, -0.1) is 11.8 Å². The lowest BCUT2D eigenvalue weighted by Crippen LogP contribution is -2.48. The highest BCUT2D eigenvalue weighted by Gasteiger charge is 2.19. The summed E-state index contributed by atoms with van der Waals surface area (Å²) in [5.41, 5.74) is 2.34. The molecule has 1 aliphatic rings. The number of amides is 1. The smallest absolute Gasteiger partial charge is 0.220 e. The van der Waals surface area contributed by atoms with Gasteiger partial charge in [0, 0.05) is 56.3 Å². The largest absolute Gasteiger partial charge is 0.355 e. The third-order valence-electron chi connectivity index (χ3n) is 5.34. The van der Waals surface area contributed by atoms with Gasteiger partial charge in [0.25, 0.3) is 0 Å². The summed E-state index contributed by atoms with van der Waals surface area (Å²) in [5.74, 6) is 0.522. The van der Waals surface area contributed by atoms with E-state index in [1.807, 2.05) is 0 Å². The summed E-state index contributed by atoms with van der Waals surface area (Å²) in [6, 6.07) is 12.8. The number of benzene rings is 2. The third-order valence-corrected chi connectivity index (χ3v) is 7.43. The zero-order valence-corrected chi connectivity index (χ0v) is 19.3. The van der Waals surface area contributed by atoms with Gasteiger partial charge in [-0.3, -0.25) is 9.69 Å². The van der Waals surface area contributed by atoms with Gasteiger partial charge in [-0.25, -0.2) is 9.37 Å². The Kier molecular flexibility index (Phi) is 7.42. The molecule has 1 aliphatic heterocycles.